The Kier molecular flexibility index (Phi) is 8.24. The van der Waals surface area contributed by atoms with Gasteiger partial charge in [-0.2, -0.15) is 0 Å². The monoisotopic (exact) mass is 340 g/mol. The first-order chi connectivity index (χ1) is 12.2. The predicted octanol–water partition coefficient (Wildman–Crippen LogP) is 7.71. The highest BCUT2D eigenvalue weighted by atomic mass is 19.1. The first-order valence-corrected chi connectivity index (χ1v) is 9.44. The van der Waals surface area contributed by atoms with Crippen molar-refractivity contribution in [2.24, 2.45) is 0 Å². The minimum Gasteiger partial charge on any atom is -0.457 e. The molecule has 2 heteroatoms. The van der Waals surface area contributed by atoms with Crippen molar-refractivity contribution in [2.75, 3.05) is 0 Å². The van der Waals surface area contributed by atoms with E-state index in [1.54, 1.807) is 6.08 Å². The summed E-state index contributed by atoms with van der Waals surface area (Å²) in [4.78, 5) is 0. The summed E-state index contributed by atoms with van der Waals surface area (Å²) >= 11 is 0. The molecule has 2 aromatic rings. The average Bonchev–Trinajstić information content (AvgIpc) is 2.62. The Morgan fingerprint density at radius 2 is 1.48 bits per heavy atom. The quantitative estimate of drug-likeness (QED) is 0.402. The molecule has 0 aromatic heterocycles. The molecular weight excluding hydrogens is 311 g/mol. The normalized spacial score (nSPS) is 11.6. The Morgan fingerprint density at radius 3 is 2.08 bits per heavy atom. The fraction of sp³-hybridized carbons (Fsp3) is 0.391. The third-order valence-corrected chi connectivity index (χ3v) is 4.17. The van der Waals surface area contributed by atoms with E-state index in [-0.39, 0.29) is 5.83 Å². The van der Waals surface area contributed by atoms with E-state index in [1.807, 2.05) is 43.3 Å². The molecule has 25 heavy (non-hydrogen) atoms. The van der Waals surface area contributed by atoms with E-state index in [2.05, 4.69) is 19.1 Å². The molecule has 0 fully saturated rings. The van der Waals surface area contributed by atoms with E-state index in [4.69, 9.17) is 4.74 Å². The van der Waals surface area contributed by atoms with Crippen LogP contribution in [-0.2, 0) is 6.42 Å². The van der Waals surface area contributed by atoms with Crippen LogP contribution >= 0.6 is 0 Å². The van der Waals surface area contributed by atoms with E-state index >= 15 is 0 Å². The molecule has 0 atom stereocenters. The molecule has 0 bridgehead atoms. The van der Waals surface area contributed by atoms with Gasteiger partial charge in [-0.3, -0.25) is 0 Å². The summed E-state index contributed by atoms with van der Waals surface area (Å²) in [6.45, 7) is 4.21. The minimum absolute atomic E-state index is 0.0781. The van der Waals surface area contributed by atoms with E-state index in [9.17, 15) is 4.39 Å². The van der Waals surface area contributed by atoms with Crippen molar-refractivity contribution in [3.05, 3.63) is 65.5 Å². The lowest BCUT2D eigenvalue weighted by Gasteiger charge is -2.07. The first-order valence-electron chi connectivity index (χ1n) is 9.44. The first kappa shape index (κ1) is 19.2. The van der Waals surface area contributed by atoms with Crippen LogP contribution in [0.2, 0.25) is 0 Å². The van der Waals surface area contributed by atoms with Gasteiger partial charge in [0.2, 0.25) is 0 Å². The van der Waals surface area contributed by atoms with Gasteiger partial charge in [0.1, 0.15) is 17.3 Å². The highest BCUT2D eigenvalue weighted by molar-refractivity contribution is 5.52. The lowest BCUT2D eigenvalue weighted by atomic mass is 10.1. The van der Waals surface area contributed by atoms with Gasteiger partial charge in [0.15, 0.2) is 0 Å². The molecule has 134 valence electrons. The van der Waals surface area contributed by atoms with Crippen LogP contribution in [-0.4, -0.2) is 0 Å². The Morgan fingerprint density at radius 1 is 0.840 bits per heavy atom. The van der Waals surface area contributed by atoms with Crippen molar-refractivity contribution in [2.45, 2.75) is 58.8 Å². The SMILES string of the molecule is CCCCCCc1ccc(Oc2ccc(C=C(F)CCC)cc2)cc1. The zero-order valence-corrected chi connectivity index (χ0v) is 15.4. The molecule has 0 aliphatic heterocycles. The topological polar surface area (TPSA) is 9.23 Å². The maximum Gasteiger partial charge on any atom is 0.127 e. The van der Waals surface area contributed by atoms with Gasteiger partial charge < -0.3 is 4.74 Å². The molecule has 0 heterocycles. The third kappa shape index (κ3) is 7.13. The molecule has 0 unspecified atom stereocenters. The van der Waals surface area contributed by atoms with Crippen molar-refractivity contribution < 1.29 is 9.13 Å². The zero-order chi connectivity index (χ0) is 17.9. The van der Waals surface area contributed by atoms with Crippen molar-refractivity contribution in [1.82, 2.24) is 0 Å². The van der Waals surface area contributed by atoms with Crippen LogP contribution in [0.5, 0.6) is 11.5 Å². The summed E-state index contributed by atoms with van der Waals surface area (Å²) in [7, 11) is 0. The molecule has 0 radical (unpaired) electrons. The molecule has 0 saturated heterocycles. The van der Waals surface area contributed by atoms with Crippen molar-refractivity contribution in [1.29, 1.82) is 0 Å². The van der Waals surface area contributed by atoms with Gasteiger partial charge in [0.25, 0.3) is 0 Å². The van der Waals surface area contributed by atoms with Gasteiger partial charge in [-0.15, -0.1) is 0 Å². The second-order valence-corrected chi connectivity index (χ2v) is 6.47. The van der Waals surface area contributed by atoms with Gasteiger partial charge in [-0.1, -0.05) is 57.4 Å². The van der Waals surface area contributed by atoms with Gasteiger partial charge >= 0.3 is 0 Å². The van der Waals surface area contributed by atoms with Crippen LogP contribution in [0.25, 0.3) is 6.08 Å². The van der Waals surface area contributed by atoms with Crippen LogP contribution in [0.15, 0.2) is 54.4 Å². The van der Waals surface area contributed by atoms with Crippen LogP contribution in [0, 0.1) is 0 Å². The second kappa shape index (κ2) is 10.7. The van der Waals surface area contributed by atoms with Gasteiger partial charge in [-0.05, 0) is 67.2 Å². The number of halogens is 1. The number of aryl methyl sites for hydroxylation is 1. The summed E-state index contributed by atoms with van der Waals surface area (Å²) in [5, 5.41) is 0. The number of allylic oxidation sites excluding steroid dienone is 1. The molecular formula is C23H29FO. The smallest absolute Gasteiger partial charge is 0.127 e. The fourth-order valence-electron chi connectivity index (χ4n) is 2.74. The Hall–Kier alpha value is -2.09. The molecule has 0 saturated carbocycles. The standard InChI is InChI=1S/C23H29FO/c1-3-5-6-7-9-19-10-14-22(15-11-19)25-23-16-12-20(13-17-23)18-21(24)8-4-2/h10-18H,3-9H2,1-2H3. The number of hydrogen-bond donors (Lipinski definition) is 0. The number of unbranched alkanes of at least 4 members (excludes halogenated alkanes) is 3. The largest absolute Gasteiger partial charge is 0.457 e. The Bertz CT molecular complexity index is 641. The average molecular weight is 340 g/mol. The zero-order valence-electron chi connectivity index (χ0n) is 15.4. The molecule has 0 N–H and O–H groups in total. The molecule has 2 rings (SSSR count). The summed E-state index contributed by atoms with van der Waals surface area (Å²) in [6, 6.07) is 15.8. The summed E-state index contributed by atoms with van der Waals surface area (Å²) < 4.78 is 19.4. The van der Waals surface area contributed by atoms with Crippen LogP contribution < -0.4 is 4.74 Å². The maximum absolute atomic E-state index is 13.5. The van der Waals surface area contributed by atoms with E-state index in [0.29, 0.717) is 6.42 Å². The molecule has 0 amide bonds. The third-order valence-electron chi connectivity index (χ3n) is 4.17. The van der Waals surface area contributed by atoms with Crippen LogP contribution in [0.1, 0.15) is 63.5 Å². The lowest BCUT2D eigenvalue weighted by molar-refractivity contribution is 0.482. The summed E-state index contributed by atoms with van der Waals surface area (Å²) in [5.74, 6) is 1.52. The highest BCUT2D eigenvalue weighted by Gasteiger charge is 2.00. The van der Waals surface area contributed by atoms with Gasteiger partial charge in [0.05, 0.1) is 0 Å². The molecule has 0 spiro atoms. The van der Waals surface area contributed by atoms with E-state index in [0.717, 1.165) is 29.9 Å². The van der Waals surface area contributed by atoms with Crippen molar-refractivity contribution >= 4 is 6.08 Å². The van der Waals surface area contributed by atoms with Crippen molar-refractivity contribution in [3.63, 3.8) is 0 Å². The van der Waals surface area contributed by atoms with E-state index in [1.165, 1.54) is 31.2 Å². The van der Waals surface area contributed by atoms with Crippen LogP contribution in [0.3, 0.4) is 0 Å². The van der Waals surface area contributed by atoms with E-state index < -0.39 is 0 Å². The fourth-order valence-corrected chi connectivity index (χ4v) is 2.74. The Labute approximate surface area is 151 Å². The number of hydrogen-bond acceptors (Lipinski definition) is 1. The molecule has 0 aliphatic carbocycles. The molecule has 1 nitrogen and oxygen atoms in total. The lowest BCUT2D eigenvalue weighted by Crippen LogP contribution is -1.88. The highest BCUT2D eigenvalue weighted by Crippen LogP contribution is 2.23. The minimum atomic E-state index is -0.0781. The number of rotatable bonds is 10. The molecule has 2 aromatic carbocycles. The van der Waals surface area contributed by atoms with Crippen LogP contribution in [0.4, 0.5) is 4.39 Å². The number of ether oxygens (including phenoxy) is 1. The number of benzene rings is 2. The molecule has 0 aliphatic rings. The summed E-state index contributed by atoms with van der Waals surface area (Å²) in [6.07, 6.45) is 9.15. The maximum atomic E-state index is 13.5. The van der Waals surface area contributed by atoms with Gasteiger partial charge in [0, 0.05) is 0 Å². The van der Waals surface area contributed by atoms with Crippen molar-refractivity contribution in [3.8, 4) is 11.5 Å². The summed E-state index contributed by atoms with van der Waals surface area (Å²) in [5.41, 5.74) is 2.22. The Balaban J connectivity index is 1.88. The predicted molar refractivity (Wildman–Crippen MR) is 105 cm³/mol. The second-order valence-electron chi connectivity index (χ2n) is 6.47. The van der Waals surface area contributed by atoms with Gasteiger partial charge in [-0.25, -0.2) is 4.39 Å².